The van der Waals surface area contributed by atoms with Crippen LogP contribution in [0.15, 0.2) is 24.3 Å². The van der Waals surface area contributed by atoms with Gasteiger partial charge in [-0.25, -0.2) is 0 Å². The van der Waals surface area contributed by atoms with Gasteiger partial charge in [0, 0.05) is 0 Å². The second-order valence-corrected chi connectivity index (χ2v) is 4.07. The van der Waals surface area contributed by atoms with Gasteiger partial charge in [0.15, 0.2) is 0 Å². The number of rotatable bonds is 1. The molecule has 0 atom stereocenters. The largest absolute Gasteiger partial charge is 0.113 e. The molecule has 70 valence electrons. The van der Waals surface area contributed by atoms with E-state index < -0.39 is 0 Å². The van der Waals surface area contributed by atoms with Gasteiger partial charge in [-0.2, -0.15) is 0 Å². The summed E-state index contributed by atoms with van der Waals surface area (Å²) < 4.78 is 0. The van der Waals surface area contributed by atoms with Crippen molar-refractivity contribution in [2.75, 3.05) is 0 Å². The van der Waals surface area contributed by atoms with Crippen molar-refractivity contribution < 1.29 is 0 Å². The van der Waals surface area contributed by atoms with E-state index in [1.807, 2.05) is 0 Å². The predicted molar refractivity (Wildman–Crippen MR) is 84.2 cm³/mol. The Balaban J connectivity index is 2.83. The zero-order valence-corrected chi connectivity index (χ0v) is 9.77. The second-order valence-electron chi connectivity index (χ2n) is 4.07. The smallest absolute Gasteiger partial charge is 0.104 e. The molecule has 2 aromatic carbocycles. The van der Waals surface area contributed by atoms with Gasteiger partial charge in [-0.3, -0.25) is 0 Å². The average Bonchev–Trinajstić information content (AvgIpc) is 2.32. The normalized spacial score (nSPS) is 10.4. The van der Waals surface area contributed by atoms with Crippen LogP contribution in [0.25, 0.3) is 11.1 Å². The fraction of sp³-hybridized carbons (Fsp3) is 0. The topological polar surface area (TPSA) is 0 Å². The van der Waals surface area contributed by atoms with Crippen LogP contribution in [0.4, 0.5) is 0 Å². The summed E-state index contributed by atoms with van der Waals surface area (Å²) in [6.45, 7) is 0. The maximum absolute atomic E-state index is 5.95. The minimum Gasteiger partial charge on any atom is -0.104 e. The van der Waals surface area contributed by atoms with Gasteiger partial charge in [0.05, 0.1) is 0 Å². The molecule has 0 nitrogen and oxygen atoms in total. The molecule has 0 amide bonds. The molecular formula is C12H4B6. The molecule has 18 heavy (non-hydrogen) atoms. The van der Waals surface area contributed by atoms with Crippen LogP contribution in [-0.4, -0.2) is 47.1 Å². The molecule has 0 heterocycles. The van der Waals surface area contributed by atoms with Crippen molar-refractivity contribution >= 4 is 79.9 Å². The van der Waals surface area contributed by atoms with E-state index in [9.17, 15) is 0 Å². The quantitative estimate of drug-likeness (QED) is 0.425. The number of benzene rings is 2. The first-order valence-corrected chi connectivity index (χ1v) is 5.30. The fourth-order valence-corrected chi connectivity index (χ4v) is 1.85. The van der Waals surface area contributed by atoms with Gasteiger partial charge < -0.3 is 0 Å². The molecular weight excluding hydrogens is 209 g/mol. The van der Waals surface area contributed by atoms with E-state index in [-0.39, 0.29) is 0 Å². The van der Waals surface area contributed by atoms with Gasteiger partial charge in [-0.15, -0.1) is 16.4 Å². The first-order chi connectivity index (χ1) is 8.43. The summed E-state index contributed by atoms with van der Waals surface area (Å²) in [6, 6.07) is 6.75. The molecule has 0 aliphatic rings. The average molecular weight is 213 g/mol. The Kier molecular flexibility index (Phi) is 3.56. The van der Waals surface area contributed by atoms with Gasteiger partial charge >= 0.3 is 0 Å². The molecule has 0 N–H and O–H groups in total. The van der Waals surface area contributed by atoms with E-state index in [0.29, 0.717) is 43.9 Å². The number of hydrogen-bond acceptors (Lipinski definition) is 0. The lowest BCUT2D eigenvalue weighted by Crippen LogP contribution is -2.43. The highest BCUT2D eigenvalue weighted by Gasteiger charge is 2.11. The van der Waals surface area contributed by atoms with Gasteiger partial charge in [0.1, 0.15) is 47.1 Å². The van der Waals surface area contributed by atoms with Crippen molar-refractivity contribution in [3.8, 4) is 11.1 Å². The molecule has 0 saturated heterocycles. The summed E-state index contributed by atoms with van der Waals surface area (Å²) >= 11 is 0. The summed E-state index contributed by atoms with van der Waals surface area (Å²) in [5.74, 6) is 0. The SMILES string of the molecule is [B]c1cccc(-c2c([B])c([B])cc([B])c2[B])c1[B]. The predicted octanol–water partition coefficient (Wildman–Crippen LogP) is -3.88. The van der Waals surface area contributed by atoms with E-state index >= 15 is 0 Å². The van der Waals surface area contributed by atoms with Gasteiger partial charge in [0.25, 0.3) is 0 Å². The molecule has 0 aliphatic heterocycles. The lowest BCUT2D eigenvalue weighted by molar-refractivity contribution is 1.77. The van der Waals surface area contributed by atoms with E-state index in [1.54, 1.807) is 18.2 Å². The molecule has 0 saturated carbocycles. The summed E-state index contributed by atoms with van der Waals surface area (Å²) in [6.07, 6.45) is 0. The highest BCUT2D eigenvalue weighted by atomic mass is 14.1. The van der Waals surface area contributed by atoms with Crippen molar-refractivity contribution in [2.24, 2.45) is 0 Å². The fourth-order valence-electron chi connectivity index (χ4n) is 1.85. The van der Waals surface area contributed by atoms with Gasteiger partial charge in [-0.1, -0.05) is 40.7 Å². The Hall–Kier alpha value is -1.17. The maximum atomic E-state index is 5.95. The Morgan fingerprint density at radius 2 is 1.17 bits per heavy atom. The Morgan fingerprint density at radius 3 is 1.72 bits per heavy atom. The summed E-state index contributed by atoms with van der Waals surface area (Å²) in [5.41, 5.74) is 3.42. The standard InChI is InChI=1S/C12H4B6/c13-6-3-1-2-5(10(6)16)9-11(17)7(14)4-8(15)12(9)18/h1-4H. The van der Waals surface area contributed by atoms with Crippen LogP contribution >= 0.6 is 0 Å². The molecule has 2 aromatic rings. The minimum absolute atomic E-state index is 0.346. The highest BCUT2D eigenvalue weighted by Crippen LogP contribution is 2.08. The van der Waals surface area contributed by atoms with Crippen molar-refractivity contribution in [3.05, 3.63) is 24.3 Å². The zero-order chi connectivity index (χ0) is 13.4. The van der Waals surface area contributed by atoms with Crippen molar-refractivity contribution in [1.82, 2.24) is 0 Å². The Bertz CT molecular complexity index is 594. The van der Waals surface area contributed by atoms with E-state index in [4.69, 9.17) is 47.1 Å². The summed E-state index contributed by atoms with van der Waals surface area (Å²) in [7, 11) is 35.2. The minimum atomic E-state index is 0.346. The molecule has 0 spiro atoms. The van der Waals surface area contributed by atoms with Crippen LogP contribution < -0.4 is 32.8 Å². The van der Waals surface area contributed by atoms with Crippen LogP contribution in [0, 0.1) is 0 Å². The lowest BCUT2D eigenvalue weighted by atomic mass is 9.64. The third kappa shape index (κ3) is 2.09. The first-order valence-electron chi connectivity index (χ1n) is 5.30. The third-order valence-corrected chi connectivity index (χ3v) is 2.88. The Labute approximate surface area is 115 Å². The lowest BCUT2D eigenvalue weighted by Gasteiger charge is -2.20. The molecule has 0 bridgehead atoms. The molecule has 0 aliphatic carbocycles. The number of hydrogen-bond donors (Lipinski definition) is 0. The Morgan fingerprint density at radius 1 is 0.611 bits per heavy atom. The van der Waals surface area contributed by atoms with E-state index in [2.05, 4.69) is 0 Å². The van der Waals surface area contributed by atoms with Crippen LogP contribution in [-0.2, 0) is 0 Å². The van der Waals surface area contributed by atoms with Crippen molar-refractivity contribution in [2.45, 2.75) is 0 Å². The van der Waals surface area contributed by atoms with Gasteiger partial charge in [0.2, 0.25) is 0 Å². The molecule has 12 radical (unpaired) electrons. The molecule has 0 fully saturated rings. The van der Waals surface area contributed by atoms with Crippen molar-refractivity contribution in [1.29, 1.82) is 0 Å². The van der Waals surface area contributed by atoms with Crippen LogP contribution in [0.3, 0.4) is 0 Å². The first kappa shape index (κ1) is 13.3. The highest BCUT2D eigenvalue weighted by molar-refractivity contribution is 6.60. The maximum Gasteiger partial charge on any atom is 0.113 e. The summed E-state index contributed by atoms with van der Waals surface area (Å²) in [4.78, 5) is 0. The molecule has 0 unspecified atom stereocenters. The zero-order valence-electron chi connectivity index (χ0n) is 9.77. The van der Waals surface area contributed by atoms with Crippen LogP contribution in [0.2, 0.25) is 0 Å². The summed E-state index contributed by atoms with van der Waals surface area (Å²) in [5, 5.41) is 0. The van der Waals surface area contributed by atoms with Crippen molar-refractivity contribution in [3.63, 3.8) is 0 Å². The van der Waals surface area contributed by atoms with Gasteiger partial charge in [-0.05, 0) is 11.1 Å². The monoisotopic (exact) mass is 214 g/mol. The molecule has 0 aromatic heterocycles. The van der Waals surface area contributed by atoms with Crippen LogP contribution in [0.1, 0.15) is 0 Å². The van der Waals surface area contributed by atoms with E-state index in [0.717, 1.165) is 0 Å². The second kappa shape index (κ2) is 4.84. The molecule has 2 rings (SSSR count). The molecule has 6 heteroatoms. The van der Waals surface area contributed by atoms with E-state index in [1.165, 1.54) is 6.07 Å². The third-order valence-electron chi connectivity index (χ3n) is 2.88. The van der Waals surface area contributed by atoms with Crippen LogP contribution in [0.5, 0.6) is 0 Å².